The lowest BCUT2D eigenvalue weighted by Crippen LogP contribution is -1.95. The van der Waals surface area contributed by atoms with Crippen LogP contribution in [0.2, 0.25) is 0 Å². The molecule has 2 aromatic heterocycles. The van der Waals surface area contributed by atoms with E-state index in [9.17, 15) is 0 Å². The monoisotopic (exact) mass is 273 g/mol. The number of rotatable bonds is 1. The zero-order valence-electron chi connectivity index (χ0n) is 8.34. The van der Waals surface area contributed by atoms with Crippen molar-refractivity contribution >= 4 is 26.8 Å². The van der Waals surface area contributed by atoms with Crippen molar-refractivity contribution in [2.24, 2.45) is 0 Å². The number of pyridine rings is 1. The molecule has 1 aromatic carbocycles. The zero-order chi connectivity index (χ0) is 11.0. The Morgan fingerprint density at radius 3 is 2.81 bits per heavy atom. The second kappa shape index (κ2) is 3.72. The topological polar surface area (TPSA) is 30.7 Å². The molecule has 3 aromatic rings. The van der Waals surface area contributed by atoms with Crippen molar-refractivity contribution in [2.45, 2.75) is 0 Å². The number of hydrogen-bond acceptors (Lipinski definition) is 2. The van der Waals surface area contributed by atoms with Crippen molar-refractivity contribution in [3.05, 3.63) is 53.4 Å². The molecule has 4 heteroatoms. The summed E-state index contributed by atoms with van der Waals surface area (Å²) in [6, 6.07) is 9.94. The lowest BCUT2D eigenvalue weighted by molar-refractivity contribution is 0.903. The molecule has 0 N–H and O–H groups in total. The highest BCUT2D eigenvalue weighted by molar-refractivity contribution is 9.10. The lowest BCUT2D eigenvalue weighted by atomic mass is 10.2. The lowest BCUT2D eigenvalue weighted by Gasteiger charge is -2.02. The quantitative estimate of drug-likeness (QED) is 0.682. The highest BCUT2D eigenvalue weighted by atomic mass is 79.9. The van der Waals surface area contributed by atoms with E-state index >= 15 is 0 Å². The van der Waals surface area contributed by atoms with E-state index in [1.54, 1.807) is 12.4 Å². The second-order valence-corrected chi connectivity index (χ2v) is 4.29. The summed E-state index contributed by atoms with van der Waals surface area (Å²) < 4.78 is 2.94. The molecule has 0 aliphatic carbocycles. The number of nitrogens with zero attached hydrogens (tertiary/aromatic N) is 3. The minimum absolute atomic E-state index is 0.968. The molecule has 0 atom stereocenters. The van der Waals surface area contributed by atoms with Gasteiger partial charge in [0.05, 0.1) is 23.6 Å². The molecule has 0 radical (unpaired) electrons. The summed E-state index contributed by atoms with van der Waals surface area (Å²) >= 11 is 3.51. The van der Waals surface area contributed by atoms with Crippen molar-refractivity contribution in [1.29, 1.82) is 0 Å². The molecular formula is C12H8BrN3. The Bertz CT molecular complexity index is 631. The van der Waals surface area contributed by atoms with E-state index < -0.39 is 0 Å². The molecule has 0 aliphatic rings. The Kier molecular flexibility index (Phi) is 2.22. The summed E-state index contributed by atoms with van der Waals surface area (Å²) in [5, 5.41) is 5.48. The van der Waals surface area contributed by atoms with Gasteiger partial charge in [-0.05, 0) is 24.3 Å². The highest BCUT2D eigenvalue weighted by Gasteiger charge is 2.06. The van der Waals surface area contributed by atoms with Crippen molar-refractivity contribution < 1.29 is 0 Å². The van der Waals surface area contributed by atoms with Crippen LogP contribution in [0.15, 0.2) is 53.4 Å². The molecule has 2 heterocycles. The Labute approximate surface area is 101 Å². The van der Waals surface area contributed by atoms with E-state index in [1.165, 1.54) is 0 Å². The van der Waals surface area contributed by atoms with Gasteiger partial charge in [0.2, 0.25) is 0 Å². The van der Waals surface area contributed by atoms with Gasteiger partial charge in [0.25, 0.3) is 0 Å². The summed E-state index contributed by atoms with van der Waals surface area (Å²) in [4.78, 5) is 4.10. The molecule has 0 fully saturated rings. The van der Waals surface area contributed by atoms with Crippen LogP contribution >= 0.6 is 15.9 Å². The normalized spacial score (nSPS) is 10.8. The van der Waals surface area contributed by atoms with Crippen LogP contribution in [0.4, 0.5) is 0 Å². The van der Waals surface area contributed by atoms with Gasteiger partial charge in [-0.1, -0.05) is 22.0 Å². The zero-order valence-corrected chi connectivity index (χ0v) is 9.92. The molecule has 0 saturated heterocycles. The second-order valence-electron chi connectivity index (χ2n) is 3.44. The largest absolute Gasteiger partial charge is 0.262 e. The molecule has 0 amide bonds. The first-order valence-electron chi connectivity index (χ1n) is 4.89. The molecule has 3 nitrogen and oxygen atoms in total. The third-order valence-corrected chi connectivity index (χ3v) is 3.14. The summed E-state index contributed by atoms with van der Waals surface area (Å²) in [6.07, 6.45) is 5.41. The van der Waals surface area contributed by atoms with Crippen LogP contribution in [0.3, 0.4) is 0 Å². The summed E-state index contributed by atoms with van der Waals surface area (Å²) in [6.45, 7) is 0. The average molecular weight is 274 g/mol. The van der Waals surface area contributed by atoms with E-state index in [2.05, 4.69) is 26.0 Å². The smallest absolute Gasteiger partial charge is 0.0836 e. The maximum Gasteiger partial charge on any atom is 0.0836 e. The molecule has 16 heavy (non-hydrogen) atoms. The molecule has 0 aliphatic heterocycles. The van der Waals surface area contributed by atoms with Crippen LogP contribution in [0.25, 0.3) is 16.6 Å². The van der Waals surface area contributed by atoms with Gasteiger partial charge in [0.1, 0.15) is 0 Å². The molecule has 78 valence electrons. The van der Waals surface area contributed by atoms with Gasteiger partial charge in [-0.15, -0.1) is 0 Å². The van der Waals surface area contributed by atoms with Crippen LogP contribution < -0.4 is 0 Å². The van der Waals surface area contributed by atoms with Gasteiger partial charge in [0, 0.05) is 16.1 Å². The van der Waals surface area contributed by atoms with E-state index in [1.807, 2.05) is 41.2 Å². The van der Waals surface area contributed by atoms with Gasteiger partial charge < -0.3 is 0 Å². The van der Waals surface area contributed by atoms with E-state index in [0.29, 0.717) is 0 Å². The molecule has 0 unspecified atom stereocenters. The van der Waals surface area contributed by atoms with Gasteiger partial charge in [-0.2, -0.15) is 5.10 Å². The molecule has 0 saturated carbocycles. The molecule has 3 rings (SSSR count). The minimum Gasteiger partial charge on any atom is -0.262 e. The molecular weight excluding hydrogens is 266 g/mol. The fraction of sp³-hybridized carbons (Fsp3) is 0. The standard InChI is InChI=1S/C12H8BrN3/c13-11-4-1-5-12-10(11)8-15-16(12)9-3-2-6-14-7-9/h1-8H. The van der Waals surface area contributed by atoms with Crippen molar-refractivity contribution in [1.82, 2.24) is 14.8 Å². The third-order valence-electron chi connectivity index (χ3n) is 2.45. The number of aromatic nitrogens is 3. The van der Waals surface area contributed by atoms with E-state index in [0.717, 1.165) is 21.1 Å². The fourth-order valence-electron chi connectivity index (χ4n) is 1.70. The van der Waals surface area contributed by atoms with Gasteiger partial charge in [0.15, 0.2) is 0 Å². The minimum atomic E-state index is 0.968. The first-order chi connectivity index (χ1) is 7.86. The van der Waals surface area contributed by atoms with Crippen LogP contribution in [-0.4, -0.2) is 14.8 Å². The van der Waals surface area contributed by atoms with Gasteiger partial charge >= 0.3 is 0 Å². The Hall–Kier alpha value is -1.68. The predicted octanol–water partition coefficient (Wildman–Crippen LogP) is 3.18. The average Bonchev–Trinajstić information content (AvgIpc) is 2.75. The van der Waals surface area contributed by atoms with Crippen molar-refractivity contribution in [3.63, 3.8) is 0 Å². The van der Waals surface area contributed by atoms with Gasteiger partial charge in [-0.25, -0.2) is 4.68 Å². The summed E-state index contributed by atoms with van der Waals surface area (Å²) in [5.74, 6) is 0. The third kappa shape index (κ3) is 1.42. The van der Waals surface area contributed by atoms with Crippen LogP contribution in [0.1, 0.15) is 0 Å². The Balaban J connectivity index is 2.30. The molecule has 0 spiro atoms. The van der Waals surface area contributed by atoms with Crippen molar-refractivity contribution in [3.8, 4) is 5.69 Å². The number of fused-ring (bicyclic) bond motifs is 1. The predicted molar refractivity (Wildman–Crippen MR) is 66.6 cm³/mol. The number of benzene rings is 1. The highest BCUT2D eigenvalue weighted by Crippen LogP contribution is 2.24. The van der Waals surface area contributed by atoms with E-state index in [-0.39, 0.29) is 0 Å². The van der Waals surface area contributed by atoms with Gasteiger partial charge in [-0.3, -0.25) is 4.98 Å². The van der Waals surface area contributed by atoms with Crippen LogP contribution in [0.5, 0.6) is 0 Å². The first kappa shape index (κ1) is 9.54. The Morgan fingerprint density at radius 2 is 2.00 bits per heavy atom. The maximum absolute atomic E-state index is 4.37. The summed E-state index contributed by atoms with van der Waals surface area (Å²) in [5.41, 5.74) is 2.04. The van der Waals surface area contributed by atoms with Crippen molar-refractivity contribution in [2.75, 3.05) is 0 Å². The number of halogens is 1. The Morgan fingerprint density at radius 1 is 1.06 bits per heavy atom. The summed E-state index contributed by atoms with van der Waals surface area (Å²) in [7, 11) is 0. The fourth-order valence-corrected chi connectivity index (χ4v) is 2.16. The number of hydrogen-bond donors (Lipinski definition) is 0. The van der Waals surface area contributed by atoms with Crippen LogP contribution in [0, 0.1) is 0 Å². The first-order valence-corrected chi connectivity index (χ1v) is 5.68. The van der Waals surface area contributed by atoms with E-state index in [4.69, 9.17) is 0 Å². The van der Waals surface area contributed by atoms with Crippen LogP contribution in [-0.2, 0) is 0 Å². The maximum atomic E-state index is 4.37. The SMILES string of the molecule is Brc1cccc2c1cnn2-c1cccnc1. The molecule has 0 bridgehead atoms.